The van der Waals surface area contributed by atoms with Gasteiger partial charge >= 0.3 is 6.03 Å². The molecule has 30 heavy (non-hydrogen) atoms. The minimum atomic E-state index is -0.833. The maximum atomic E-state index is 12.0. The first-order chi connectivity index (χ1) is 14.5. The minimum absolute atomic E-state index is 0.0371. The third kappa shape index (κ3) is 26.7. The Bertz CT molecular complexity index is 371. The van der Waals surface area contributed by atoms with Crippen LogP contribution in [0, 0.1) is 0 Å². The highest BCUT2D eigenvalue weighted by Crippen LogP contribution is 2.14. The SMILES string of the molecule is CCCCCCCCCCCCCCCCCC(=O)N(CCO)CCO.NC(N)=O. The van der Waals surface area contributed by atoms with E-state index in [1.807, 2.05) is 0 Å². The van der Waals surface area contributed by atoms with Gasteiger partial charge in [-0.05, 0) is 6.42 Å². The smallest absolute Gasteiger partial charge is 0.309 e. The molecule has 0 aliphatic carbocycles. The van der Waals surface area contributed by atoms with Gasteiger partial charge in [0.05, 0.1) is 13.2 Å². The lowest BCUT2D eigenvalue weighted by Crippen LogP contribution is -2.35. The summed E-state index contributed by atoms with van der Waals surface area (Å²) in [6.45, 7) is 2.86. The van der Waals surface area contributed by atoms with E-state index in [4.69, 9.17) is 15.0 Å². The zero-order valence-corrected chi connectivity index (χ0v) is 19.5. The lowest BCUT2D eigenvalue weighted by molar-refractivity contribution is -0.132. The molecule has 0 atom stereocenters. The number of hydrogen-bond acceptors (Lipinski definition) is 4. The number of nitrogens with zero attached hydrogens (tertiary/aromatic N) is 1. The molecule has 6 N–H and O–H groups in total. The van der Waals surface area contributed by atoms with E-state index in [0.29, 0.717) is 19.5 Å². The van der Waals surface area contributed by atoms with Crippen LogP contribution in [0.15, 0.2) is 0 Å². The molecule has 0 saturated carbocycles. The summed E-state index contributed by atoms with van der Waals surface area (Å²) < 4.78 is 0. The van der Waals surface area contributed by atoms with Gasteiger partial charge in [0.15, 0.2) is 0 Å². The maximum Gasteiger partial charge on any atom is 0.309 e. The van der Waals surface area contributed by atoms with Gasteiger partial charge in [-0.1, -0.05) is 96.8 Å². The van der Waals surface area contributed by atoms with E-state index < -0.39 is 6.03 Å². The Hall–Kier alpha value is -1.34. The number of urea groups is 1. The van der Waals surface area contributed by atoms with Crippen LogP contribution in [0.2, 0.25) is 0 Å². The minimum Gasteiger partial charge on any atom is -0.395 e. The molecule has 0 aliphatic rings. The second-order valence-electron chi connectivity index (χ2n) is 7.93. The Morgan fingerprint density at radius 2 is 0.933 bits per heavy atom. The number of unbranched alkanes of at least 4 members (excludes halogenated alkanes) is 14. The van der Waals surface area contributed by atoms with Gasteiger partial charge in [-0.3, -0.25) is 4.79 Å². The fourth-order valence-corrected chi connectivity index (χ4v) is 3.41. The van der Waals surface area contributed by atoms with Crippen molar-refractivity contribution in [3.05, 3.63) is 0 Å². The van der Waals surface area contributed by atoms with Crippen LogP contribution in [0.1, 0.15) is 110 Å². The van der Waals surface area contributed by atoms with E-state index in [9.17, 15) is 4.79 Å². The summed E-state index contributed by atoms with van der Waals surface area (Å²) >= 11 is 0. The van der Waals surface area contributed by atoms with Crippen LogP contribution in [0.3, 0.4) is 0 Å². The predicted molar refractivity (Wildman–Crippen MR) is 124 cm³/mol. The molecule has 0 bridgehead atoms. The van der Waals surface area contributed by atoms with Crippen molar-refractivity contribution in [3.8, 4) is 0 Å². The Morgan fingerprint density at radius 3 is 1.23 bits per heavy atom. The molecule has 7 heteroatoms. The summed E-state index contributed by atoms with van der Waals surface area (Å²) in [5.41, 5.74) is 8.50. The molecule has 0 unspecified atom stereocenters. The molecule has 3 amide bonds. The number of aliphatic hydroxyl groups excluding tert-OH is 2. The van der Waals surface area contributed by atoms with Crippen LogP contribution in [0.5, 0.6) is 0 Å². The Kier molecular flexibility index (Phi) is 26.4. The average Bonchev–Trinajstić information content (AvgIpc) is 2.70. The van der Waals surface area contributed by atoms with Gasteiger partial charge in [-0.25, -0.2) is 4.79 Å². The zero-order valence-electron chi connectivity index (χ0n) is 19.5. The van der Waals surface area contributed by atoms with E-state index in [0.717, 1.165) is 12.8 Å². The fourth-order valence-electron chi connectivity index (χ4n) is 3.41. The largest absolute Gasteiger partial charge is 0.395 e. The van der Waals surface area contributed by atoms with Crippen LogP contribution in [0.4, 0.5) is 4.79 Å². The van der Waals surface area contributed by atoms with Crippen LogP contribution in [0.25, 0.3) is 0 Å². The monoisotopic (exact) mass is 431 g/mol. The molecule has 0 aliphatic heterocycles. The Balaban J connectivity index is 0. The van der Waals surface area contributed by atoms with Crippen LogP contribution in [-0.2, 0) is 4.79 Å². The van der Waals surface area contributed by atoms with Crippen LogP contribution < -0.4 is 11.5 Å². The van der Waals surface area contributed by atoms with Gasteiger partial charge < -0.3 is 26.6 Å². The number of amides is 3. The molecule has 0 aromatic rings. The summed E-state index contributed by atoms with van der Waals surface area (Å²) in [6.07, 6.45) is 20.3. The first-order valence-corrected chi connectivity index (χ1v) is 12.0. The van der Waals surface area contributed by atoms with Crippen molar-refractivity contribution < 1.29 is 19.8 Å². The van der Waals surface area contributed by atoms with Crippen molar-refractivity contribution in [2.75, 3.05) is 26.3 Å². The van der Waals surface area contributed by atoms with E-state index >= 15 is 0 Å². The highest BCUT2D eigenvalue weighted by molar-refractivity contribution is 5.76. The van der Waals surface area contributed by atoms with E-state index in [1.165, 1.54) is 83.5 Å². The average molecular weight is 432 g/mol. The summed E-state index contributed by atoms with van der Waals surface area (Å²) in [7, 11) is 0. The lowest BCUT2D eigenvalue weighted by Gasteiger charge is -2.20. The van der Waals surface area contributed by atoms with Gasteiger partial charge in [0.2, 0.25) is 5.91 Å². The molecule has 180 valence electrons. The van der Waals surface area contributed by atoms with E-state index in [1.54, 1.807) is 4.90 Å². The van der Waals surface area contributed by atoms with E-state index in [2.05, 4.69) is 18.4 Å². The first-order valence-electron chi connectivity index (χ1n) is 12.0. The number of carbonyl (C=O) groups excluding carboxylic acids is 2. The number of rotatable bonds is 20. The number of hydrogen-bond donors (Lipinski definition) is 4. The summed E-state index contributed by atoms with van der Waals surface area (Å²) in [4.78, 5) is 22.5. The van der Waals surface area contributed by atoms with Crippen LogP contribution >= 0.6 is 0 Å². The summed E-state index contributed by atoms with van der Waals surface area (Å²) in [5.74, 6) is 0.0581. The molecular formula is C23H49N3O4. The van der Waals surface area contributed by atoms with E-state index in [-0.39, 0.29) is 19.1 Å². The molecule has 0 aromatic carbocycles. The molecule has 0 aromatic heterocycles. The standard InChI is InChI=1S/C22H45NO3.CH4N2O/c1-2-3-4-5-6-7-8-9-10-11-12-13-14-15-16-17-22(26)23(18-20-24)19-21-25;2-1(3)4/h24-25H,2-21H2,1H3;(H4,2,3,4). The Labute approximate surface area is 184 Å². The first kappa shape index (κ1) is 30.9. The van der Waals surface area contributed by atoms with Crippen molar-refractivity contribution >= 4 is 11.9 Å². The van der Waals surface area contributed by atoms with Gasteiger partial charge in [-0.2, -0.15) is 0 Å². The number of aliphatic hydroxyl groups is 2. The molecule has 0 spiro atoms. The highest BCUT2D eigenvalue weighted by atomic mass is 16.3. The molecule has 0 radical (unpaired) electrons. The fraction of sp³-hybridized carbons (Fsp3) is 0.913. The second kappa shape index (κ2) is 25.7. The highest BCUT2D eigenvalue weighted by Gasteiger charge is 2.11. The van der Waals surface area contributed by atoms with Crippen molar-refractivity contribution in [3.63, 3.8) is 0 Å². The van der Waals surface area contributed by atoms with Gasteiger partial charge in [0.25, 0.3) is 0 Å². The van der Waals surface area contributed by atoms with Gasteiger partial charge in [-0.15, -0.1) is 0 Å². The van der Waals surface area contributed by atoms with Crippen molar-refractivity contribution in [2.45, 2.75) is 110 Å². The van der Waals surface area contributed by atoms with Gasteiger partial charge in [0.1, 0.15) is 0 Å². The third-order valence-electron chi connectivity index (χ3n) is 5.09. The molecule has 7 nitrogen and oxygen atoms in total. The van der Waals surface area contributed by atoms with Gasteiger partial charge in [0, 0.05) is 19.5 Å². The Morgan fingerprint density at radius 1 is 0.633 bits per heavy atom. The quantitative estimate of drug-likeness (QED) is 0.216. The summed E-state index contributed by atoms with van der Waals surface area (Å²) in [6, 6.07) is -0.833. The summed E-state index contributed by atoms with van der Waals surface area (Å²) in [5, 5.41) is 17.9. The zero-order chi connectivity index (χ0) is 22.9. The molecule has 0 rings (SSSR count). The topological polar surface area (TPSA) is 130 Å². The van der Waals surface area contributed by atoms with Crippen LogP contribution in [-0.4, -0.2) is 53.4 Å². The van der Waals surface area contributed by atoms with Crippen molar-refractivity contribution in [1.29, 1.82) is 0 Å². The maximum absolute atomic E-state index is 12.0. The molecular weight excluding hydrogens is 382 g/mol. The molecule has 0 saturated heterocycles. The second-order valence-corrected chi connectivity index (χ2v) is 7.93. The predicted octanol–water partition coefficient (Wildman–Crippen LogP) is 4.08. The number of primary amides is 2. The normalized spacial score (nSPS) is 10.4. The number of carbonyl (C=O) groups is 2. The lowest BCUT2D eigenvalue weighted by atomic mass is 10.0. The van der Waals surface area contributed by atoms with Crippen molar-refractivity contribution in [1.82, 2.24) is 4.90 Å². The van der Waals surface area contributed by atoms with Crippen molar-refractivity contribution in [2.24, 2.45) is 11.5 Å². The number of nitrogens with two attached hydrogens (primary N) is 2. The third-order valence-corrected chi connectivity index (χ3v) is 5.09. The molecule has 0 fully saturated rings. The molecule has 0 heterocycles.